The maximum atomic E-state index is 11.8. The lowest BCUT2D eigenvalue weighted by Crippen LogP contribution is -1.95. The third kappa shape index (κ3) is 3.96. The number of rotatable bonds is 4. The second kappa shape index (κ2) is 6.20. The van der Waals surface area contributed by atoms with Gasteiger partial charge in [-0.05, 0) is 36.4 Å². The first-order valence-corrected chi connectivity index (χ1v) is 6.46. The SMILES string of the molecule is O=C(C=CNc1cccc(O)c1)c1ccc(Br)cc1. The van der Waals surface area contributed by atoms with Crippen LogP contribution in [0.3, 0.4) is 0 Å². The molecule has 2 aromatic carbocycles. The van der Waals surface area contributed by atoms with Gasteiger partial charge in [0.05, 0.1) is 0 Å². The Labute approximate surface area is 119 Å². The highest BCUT2D eigenvalue weighted by Crippen LogP contribution is 2.15. The average Bonchev–Trinajstić information content (AvgIpc) is 2.39. The van der Waals surface area contributed by atoms with Crippen LogP contribution in [-0.4, -0.2) is 10.9 Å². The summed E-state index contributed by atoms with van der Waals surface area (Å²) in [6, 6.07) is 13.8. The molecule has 0 aliphatic rings. The van der Waals surface area contributed by atoms with E-state index in [-0.39, 0.29) is 11.5 Å². The topological polar surface area (TPSA) is 49.3 Å². The Hall–Kier alpha value is -2.07. The van der Waals surface area contributed by atoms with E-state index in [1.807, 2.05) is 12.1 Å². The van der Waals surface area contributed by atoms with E-state index in [1.54, 1.807) is 42.6 Å². The van der Waals surface area contributed by atoms with E-state index in [2.05, 4.69) is 21.2 Å². The summed E-state index contributed by atoms with van der Waals surface area (Å²) in [7, 11) is 0. The molecule has 0 fully saturated rings. The predicted octanol–water partition coefficient (Wildman–Crippen LogP) is 3.96. The molecule has 0 saturated heterocycles. The number of allylic oxidation sites excluding steroid dienone is 1. The molecule has 0 radical (unpaired) electrons. The van der Waals surface area contributed by atoms with Crippen molar-refractivity contribution < 1.29 is 9.90 Å². The first kappa shape index (κ1) is 13.4. The minimum atomic E-state index is -0.0832. The minimum Gasteiger partial charge on any atom is -0.508 e. The standard InChI is InChI=1S/C15H12BrNO2/c16-12-6-4-11(5-7-12)15(19)8-9-17-13-2-1-3-14(18)10-13/h1-10,17-18H. The summed E-state index contributed by atoms with van der Waals surface area (Å²) in [5.41, 5.74) is 1.34. The Morgan fingerprint density at radius 2 is 1.89 bits per heavy atom. The zero-order valence-corrected chi connectivity index (χ0v) is 11.6. The van der Waals surface area contributed by atoms with Crippen LogP contribution in [0, 0.1) is 0 Å². The summed E-state index contributed by atoms with van der Waals surface area (Å²) in [6.07, 6.45) is 3.01. The molecule has 0 heterocycles. The van der Waals surface area contributed by atoms with Crippen molar-refractivity contribution in [2.45, 2.75) is 0 Å². The van der Waals surface area contributed by atoms with Crippen molar-refractivity contribution in [3.8, 4) is 5.75 Å². The Bertz CT molecular complexity index is 606. The summed E-state index contributed by atoms with van der Waals surface area (Å²) in [5.74, 6) is 0.0952. The Balaban J connectivity index is 1.99. The van der Waals surface area contributed by atoms with Crippen molar-refractivity contribution in [2.24, 2.45) is 0 Å². The molecule has 0 aliphatic carbocycles. The van der Waals surface area contributed by atoms with Crippen molar-refractivity contribution in [3.05, 3.63) is 70.8 Å². The predicted molar refractivity (Wildman–Crippen MR) is 79.3 cm³/mol. The van der Waals surface area contributed by atoms with Gasteiger partial charge in [0.2, 0.25) is 0 Å². The lowest BCUT2D eigenvalue weighted by molar-refractivity contribution is 0.104. The summed E-state index contributed by atoms with van der Waals surface area (Å²) >= 11 is 3.32. The molecule has 3 nitrogen and oxygen atoms in total. The van der Waals surface area contributed by atoms with E-state index in [1.165, 1.54) is 6.08 Å². The first-order valence-electron chi connectivity index (χ1n) is 5.67. The second-order valence-electron chi connectivity index (χ2n) is 3.90. The molecule has 19 heavy (non-hydrogen) atoms. The van der Waals surface area contributed by atoms with Crippen LogP contribution in [0.5, 0.6) is 5.75 Å². The number of phenols is 1. The van der Waals surface area contributed by atoms with Crippen LogP contribution < -0.4 is 5.32 Å². The maximum absolute atomic E-state index is 11.8. The monoisotopic (exact) mass is 317 g/mol. The highest BCUT2D eigenvalue weighted by Gasteiger charge is 2.00. The van der Waals surface area contributed by atoms with Gasteiger partial charge in [0, 0.05) is 34.1 Å². The fourth-order valence-corrected chi connectivity index (χ4v) is 1.78. The summed E-state index contributed by atoms with van der Waals surface area (Å²) in [4.78, 5) is 11.8. The normalized spacial score (nSPS) is 10.6. The van der Waals surface area contributed by atoms with Crippen LogP contribution in [0.2, 0.25) is 0 Å². The van der Waals surface area contributed by atoms with Gasteiger partial charge in [-0.1, -0.05) is 22.0 Å². The molecule has 96 valence electrons. The van der Waals surface area contributed by atoms with Gasteiger partial charge in [-0.25, -0.2) is 0 Å². The number of phenolic OH excluding ortho intramolecular Hbond substituents is 1. The van der Waals surface area contributed by atoms with Gasteiger partial charge in [-0.15, -0.1) is 0 Å². The average molecular weight is 318 g/mol. The molecule has 2 rings (SSSR count). The third-order valence-electron chi connectivity index (χ3n) is 2.46. The van der Waals surface area contributed by atoms with Crippen molar-refractivity contribution in [3.63, 3.8) is 0 Å². The Morgan fingerprint density at radius 1 is 1.16 bits per heavy atom. The van der Waals surface area contributed by atoms with Crippen LogP contribution in [-0.2, 0) is 0 Å². The van der Waals surface area contributed by atoms with Gasteiger partial charge in [-0.2, -0.15) is 0 Å². The van der Waals surface area contributed by atoms with Crippen LogP contribution in [0.15, 0.2) is 65.3 Å². The number of carbonyl (C=O) groups is 1. The van der Waals surface area contributed by atoms with Crippen LogP contribution in [0.1, 0.15) is 10.4 Å². The maximum Gasteiger partial charge on any atom is 0.187 e. The molecular formula is C15H12BrNO2. The fraction of sp³-hybridized carbons (Fsp3) is 0. The number of ketones is 1. The molecule has 0 amide bonds. The first-order chi connectivity index (χ1) is 9.15. The number of nitrogens with one attached hydrogen (secondary N) is 1. The van der Waals surface area contributed by atoms with Crippen molar-refractivity contribution in [1.82, 2.24) is 0 Å². The fourth-order valence-electron chi connectivity index (χ4n) is 1.52. The van der Waals surface area contributed by atoms with E-state index >= 15 is 0 Å². The minimum absolute atomic E-state index is 0.0832. The largest absolute Gasteiger partial charge is 0.508 e. The molecule has 4 heteroatoms. The molecule has 0 spiro atoms. The molecule has 2 aromatic rings. The van der Waals surface area contributed by atoms with Gasteiger partial charge in [0.1, 0.15) is 5.75 Å². The third-order valence-corrected chi connectivity index (χ3v) is 2.99. The molecular weight excluding hydrogens is 306 g/mol. The highest BCUT2D eigenvalue weighted by atomic mass is 79.9. The number of carbonyl (C=O) groups excluding carboxylic acids is 1. The number of halogens is 1. The molecule has 0 saturated carbocycles. The zero-order chi connectivity index (χ0) is 13.7. The van der Waals surface area contributed by atoms with Crippen LogP contribution in [0.4, 0.5) is 5.69 Å². The van der Waals surface area contributed by atoms with Gasteiger partial charge in [0.15, 0.2) is 5.78 Å². The summed E-state index contributed by atoms with van der Waals surface area (Å²) in [6.45, 7) is 0. The van der Waals surface area contributed by atoms with E-state index in [0.29, 0.717) is 5.56 Å². The van der Waals surface area contributed by atoms with E-state index in [4.69, 9.17) is 0 Å². The lowest BCUT2D eigenvalue weighted by Gasteiger charge is -2.00. The van der Waals surface area contributed by atoms with Crippen molar-refractivity contribution in [2.75, 3.05) is 5.32 Å². The Kier molecular flexibility index (Phi) is 4.36. The van der Waals surface area contributed by atoms with Gasteiger partial charge in [-0.3, -0.25) is 4.79 Å². The smallest absolute Gasteiger partial charge is 0.187 e. The number of anilines is 1. The van der Waals surface area contributed by atoms with Crippen molar-refractivity contribution in [1.29, 1.82) is 0 Å². The lowest BCUT2D eigenvalue weighted by atomic mass is 10.1. The van der Waals surface area contributed by atoms with Gasteiger partial charge >= 0.3 is 0 Å². The number of benzene rings is 2. The van der Waals surface area contributed by atoms with Crippen LogP contribution >= 0.6 is 15.9 Å². The molecule has 0 unspecified atom stereocenters. The van der Waals surface area contributed by atoms with Crippen molar-refractivity contribution >= 4 is 27.4 Å². The summed E-state index contributed by atoms with van der Waals surface area (Å²) in [5, 5.41) is 12.2. The second-order valence-corrected chi connectivity index (χ2v) is 4.81. The Morgan fingerprint density at radius 3 is 2.58 bits per heavy atom. The van der Waals surface area contributed by atoms with Gasteiger partial charge < -0.3 is 10.4 Å². The number of aromatic hydroxyl groups is 1. The molecule has 2 N–H and O–H groups in total. The molecule has 0 bridgehead atoms. The summed E-state index contributed by atoms with van der Waals surface area (Å²) < 4.78 is 0.936. The zero-order valence-electron chi connectivity index (χ0n) is 10.0. The van der Waals surface area contributed by atoms with E-state index in [0.717, 1.165) is 10.2 Å². The van der Waals surface area contributed by atoms with E-state index < -0.39 is 0 Å². The molecule has 0 aromatic heterocycles. The quantitative estimate of drug-likeness (QED) is 0.662. The number of hydrogen-bond acceptors (Lipinski definition) is 3. The molecule has 0 atom stereocenters. The van der Waals surface area contributed by atoms with Crippen LogP contribution in [0.25, 0.3) is 0 Å². The highest BCUT2D eigenvalue weighted by molar-refractivity contribution is 9.10. The number of hydrogen-bond donors (Lipinski definition) is 2. The van der Waals surface area contributed by atoms with Gasteiger partial charge in [0.25, 0.3) is 0 Å². The molecule has 0 aliphatic heterocycles. The van der Waals surface area contributed by atoms with E-state index in [9.17, 15) is 9.90 Å².